The van der Waals surface area contributed by atoms with Gasteiger partial charge in [0.25, 0.3) is 0 Å². The Kier molecular flexibility index (Phi) is 7.75. The Hall–Kier alpha value is -1.15. The van der Waals surface area contributed by atoms with E-state index in [1.165, 1.54) is 11.8 Å². The van der Waals surface area contributed by atoms with Gasteiger partial charge in [-0.2, -0.15) is 0 Å². The molecular weight excluding hydrogens is 202 g/mol. The van der Waals surface area contributed by atoms with Gasteiger partial charge in [-0.05, 0) is 6.92 Å². The fraction of sp³-hybridized carbons (Fsp3) is 0.556. The Morgan fingerprint density at radius 1 is 1.57 bits per heavy atom. The third-order valence-electron chi connectivity index (χ3n) is 1.18. The number of thioether (sulfide) groups is 1. The van der Waals surface area contributed by atoms with E-state index in [0.717, 1.165) is 0 Å². The summed E-state index contributed by atoms with van der Waals surface area (Å²) in [5.74, 6) is 2.21. The van der Waals surface area contributed by atoms with Crippen LogP contribution in [0, 0.1) is 12.3 Å². The van der Waals surface area contributed by atoms with Crippen molar-refractivity contribution in [1.82, 2.24) is 5.32 Å². The van der Waals surface area contributed by atoms with Gasteiger partial charge in [0, 0.05) is 12.3 Å². The maximum absolute atomic E-state index is 10.9. The van der Waals surface area contributed by atoms with Crippen LogP contribution < -0.4 is 5.32 Å². The number of rotatable bonds is 5. The van der Waals surface area contributed by atoms with Crippen LogP contribution in [0.3, 0.4) is 0 Å². The van der Waals surface area contributed by atoms with Crippen LogP contribution in [0.15, 0.2) is 0 Å². The summed E-state index contributed by atoms with van der Waals surface area (Å²) in [5.41, 5.74) is 0. The minimum atomic E-state index is -0.838. The molecule has 0 aliphatic heterocycles. The Labute approximate surface area is 87.8 Å². The number of esters is 1. The highest BCUT2D eigenvalue weighted by molar-refractivity contribution is 7.99. The number of carbonyl (C=O) groups excluding carboxylic acids is 2. The van der Waals surface area contributed by atoms with Gasteiger partial charge in [0.05, 0.1) is 12.4 Å². The Bertz CT molecular complexity index is 235. The number of nitrogens with one attached hydrogen (secondary N) is 1. The summed E-state index contributed by atoms with van der Waals surface area (Å²) in [7, 11) is 0. The molecule has 0 aliphatic rings. The first kappa shape index (κ1) is 12.8. The zero-order chi connectivity index (χ0) is 10.8. The molecule has 0 aromatic carbocycles. The maximum Gasteiger partial charge on any atom is 0.396 e. The van der Waals surface area contributed by atoms with Crippen molar-refractivity contribution in [3.8, 4) is 12.3 Å². The van der Waals surface area contributed by atoms with E-state index in [9.17, 15) is 9.59 Å². The molecule has 1 N–H and O–H groups in total. The van der Waals surface area contributed by atoms with Crippen LogP contribution in [0.4, 0.5) is 0 Å². The second-order valence-electron chi connectivity index (χ2n) is 2.23. The molecule has 0 unspecified atom stereocenters. The van der Waals surface area contributed by atoms with Crippen molar-refractivity contribution in [2.75, 3.05) is 24.7 Å². The molecule has 0 spiro atoms. The van der Waals surface area contributed by atoms with Crippen LogP contribution in [0.5, 0.6) is 0 Å². The van der Waals surface area contributed by atoms with Crippen LogP contribution in [0.2, 0.25) is 0 Å². The second kappa shape index (κ2) is 8.45. The highest BCUT2D eigenvalue weighted by Gasteiger charge is 2.12. The quantitative estimate of drug-likeness (QED) is 0.304. The predicted octanol–water partition coefficient (Wildman–Crippen LogP) is 0.0321. The molecule has 0 fully saturated rings. The number of carbonyl (C=O) groups is 2. The van der Waals surface area contributed by atoms with Gasteiger partial charge in [-0.1, -0.05) is 5.92 Å². The molecule has 0 aromatic heterocycles. The third kappa shape index (κ3) is 6.38. The van der Waals surface area contributed by atoms with E-state index in [2.05, 4.69) is 16.0 Å². The topological polar surface area (TPSA) is 55.4 Å². The summed E-state index contributed by atoms with van der Waals surface area (Å²) in [6, 6.07) is 0. The van der Waals surface area contributed by atoms with Gasteiger partial charge in [-0.15, -0.1) is 18.2 Å². The van der Waals surface area contributed by atoms with Crippen molar-refractivity contribution in [1.29, 1.82) is 0 Å². The van der Waals surface area contributed by atoms with Gasteiger partial charge >= 0.3 is 11.9 Å². The molecule has 0 heterocycles. The maximum atomic E-state index is 10.9. The molecule has 0 radical (unpaired) electrons. The van der Waals surface area contributed by atoms with Crippen LogP contribution in [-0.2, 0) is 14.3 Å². The van der Waals surface area contributed by atoms with Crippen LogP contribution in [0.1, 0.15) is 6.92 Å². The van der Waals surface area contributed by atoms with Gasteiger partial charge in [-0.3, -0.25) is 4.79 Å². The average Bonchev–Trinajstić information content (AvgIpc) is 2.17. The molecular formula is C9H13NO3S. The summed E-state index contributed by atoms with van der Waals surface area (Å²) in [6.45, 7) is 2.27. The number of hydrogen-bond acceptors (Lipinski definition) is 4. The van der Waals surface area contributed by atoms with E-state index in [1.807, 2.05) is 0 Å². The minimum Gasteiger partial charge on any atom is -0.459 e. The SMILES string of the molecule is C#CCSCCNC(=O)C(=O)OCC. The van der Waals surface area contributed by atoms with E-state index < -0.39 is 11.9 Å². The van der Waals surface area contributed by atoms with Crippen molar-refractivity contribution in [2.24, 2.45) is 0 Å². The van der Waals surface area contributed by atoms with Gasteiger partial charge in [0.15, 0.2) is 0 Å². The Balaban J connectivity index is 3.45. The fourth-order valence-electron chi connectivity index (χ4n) is 0.637. The van der Waals surface area contributed by atoms with E-state index >= 15 is 0 Å². The number of hydrogen-bond donors (Lipinski definition) is 1. The second-order valence-corrected chi connectivity index (χ2v) is 3.34. The first-order valence-corrected chi connectivity index (χ1v) is 5.34. The van der Waals surface area contributed by atoms with E-state index in [4.69, 9.17) is 6.42 Å². The minimum absolute atomic E-state index is 0.206. The molecule has 1 amide bonds. The summed E-state index contributed by atoms with van der Waals surface area (Å²) >= 11 is 1.52. The summed E-state index contributed by atoms with van der Waals surface area (Å²) < 4.78 is 4.49. The summed E-state index contributed by atoms with van der Waals surface area (Å²) in [5, 5.41) is 2.42. The smallest absolute Gasteiger partial charge is 0.396 e. The molecule has 0 aromatic rings. The molecule has 0 rings (SSSR count). The van der Waals surface area contributed by atoms with E-state index in [0.29, 0.717) is 18.1 Å². The van der Waals surface area contributed by atoms with Crippen molar-refractivity contribution in [2.45, 2.75) is 6.92 Å². The molecule has 0 bridgehead atoms. The largest absolute Gasteiger partial charge is 0.459 e. The lowest BCUT2D eigenvalue weighted by Gasteiger charge is -2.02. The standard InChI is InChI=1S/C9H13NO3S/c1-3-6-14-7-5-10-8(11)9(12)13-4-2/h1H,4-7H2,2H3,(H,10,11). The highest BCUT2D eigenvalue weighted by atomic mass is 32.2. The lowest BCUT2D eigenvalue weighted by atomic mass is 10.6. The van der Waals surface area contributed by atoms with Crippen LogP contribution >= 0.6 is 11.8 Å². The number of amides is 1. The number of terminal acetylenes is 1. The molecule has 14 heavy (non-hydrogen) atoms. The van der Waals surface area contributed by atoms with Crippen molar-refractivity contribution >= 4 is 23.6 Å². The predicted molar refractivity (Wildman–Crippen MR) is 55.8 cm³/mol. The zero-order valence-electron chi connectivity index (χ0n) is 8.04. The lowest BCUT2D eigenvalue weighted by Crippen LogP contribution is -2.33. The molecule has 0 aliphatic carbocycles. The molecule has 0 atom stereocenters. The monoisotopic (exact) mass is 215 g/mol. The molecule has 0 saturated carbocycles. The summed E-state index contributed by atoms with van der Waals surface area (Å²) in [4.78, 5) is 21.7. The van der Waals surface area contributed by atoms with Crippen molar-refractivity contribution in [3.05, 3.63) is 0 Å². The normalized spacial score (nSPS) is 8.86. The van der Waals surface area contributed by atoms with Crippen molar-refractivity contribution in [3.63, 3.8) is 0 Å². The van der Waals surface area contributed by atoms with Crippen LogP contribution in [0.25, 0.3) is 0 Å². The lowest BCUT2D eigenvalue weighted by molar-refractivity contribution is -0.154. The van der Waals surface area contributed by atoms with Gasteiger partial charge in [0.1, 0.15) is 0 Å². The molecule has 78 valence electrons. The molecule has 5 heteroatoms. The van der Waals surface area contributed by atoms with Gasteiger partial charge in [-0.25, -0.2) is 4.79 Å². The van der Waals surface area contributed by atoms with Crippen molar-refractivity contribution < 1.29 is 14.3 Å². The zero-order valence-corrected chi connectivity index (χ0v) is 8.86. The Morgan fingerprint density at radius 2 is 2.29 bits per heavy atom. The first-order valence-electron chi connectivity index (χ1n) is 4.18. The number of ether oxygens (including phenoxy) is 1. The highest BCUT2D eigenvalue weighted by Crippen LogP contribution is 1.95. The Morgan fingerprint density at radius 3 is 2.86 bits per heavy atom. The van der Waals surface area contributed by atoms with Gasteiger partial charge < -0.3 is 10.1 Å². The fourth-order valence-corrected chi connectivity index (χ4v) is 1.15. The molecule has 4 nitrogen and oxygen atoms in total. The first-order chi connectivity index (χ1) is 6.72. The molecule has 0 saturated heterocycles. The third-order valence-corrected chi connectivity index (χ3v) is 2.04. The van der Waals surface area contributed by atoms with E-state index in [1.54, 1.807) is 6.92 Å². The summed E-state index contributed by atoms with van der Waals surface area (Å²) in [6.07, 6.45) is 5.03. The van der Waals surface area contributed by atoms with Gasteiger partial charge in [0.2, 0.25) is 0 Å². The van der Waals surface area contributed by atoms with E-state index in [-0.39, 0.29) is 6.61 Å². The average molecular weight is 215 g/mol. The van der Waals surface area contributed by atoms with Crippen LogP contribution in [-0.4, -0.2) is 36.5 Å².